The molecule has 0 amide bonds. The topological polar surface area (TPSA) is 124 Å². The number of halogens is 1. The molecule has 11 heteroatoms. The Morgan fingerprint density at radius 3 is 3.00 bits per heavy atom. The van der Waals surface area contributed by atoms with Crippen LogP contribution < -0.4 is 10.1 Å². The second-order valence-corrected chi connectivity index (χ2v) is 6.54. The SMILES string of the molecule is CCOc1nn(C)cc1Nc1ncc(Cl)c(-c2c[nH]c3c([N+](=O)[O-])cccc23)n1. The third-order valence-corrected chi connectivity index (χ3v) is 4.49. The second-order valence-electron chi connectivity index (χ2n) is 6.13. The Hall–Kier alpha value is -3.66. The zero-order valence-corrected chi connectivity index (χ0v) is 16.3. The zero-order chi connectivity index (χ0) is 20.5. The summed E-state index contributed by atoms with van der Waals surface area (Å²) in [6.45, 7) is 2.33. The molecule has 4 rings (SSSR count). The molecule has 0 aliphatic heterocycles. The molecule has 0 spiro atoms. The first-order valence-corrected chi connectivity index (χ1v) is 9.06. The summed E-state index contributed by atoms with van der Waals surface area (Å²) in [5, 5.41) is 19.5. The number of hydrogen-bond acceptors (Lipinski definition) is 7. The van der Waals surface area contributed by atoms with Crippen LogP contribution in [0.2, 0.25) is 5.02 Å². The fourth-order valence-corrected chi connectivity index (χ4v) is 3.21. The number of ether oxygens (including phenoxy) is 1. The van der Waals surface area contributed by atoms with Crippen LogP contribution in [0.15, 0.2) is 36.8 Å². The van der Waals surface area contributed by atoms with Crippen molar-refractivity contribution in [2.24, 2.45) is 7.05 Å². The molecule has 148 valence electrons. The van der Waals surface area contributed by atoms with E-state index in [4.69, 9.17) is 16.3 Å². The lowest BCUT2D eigenvalue weighted by atomic mass is 10.1. The van der Waals surface area contributed by atoms with E-state index >= 15 is 0 Å². The van der Waals surface area contributed by atoms with Crippen LogP contribution in [-0.4, -0.2) is 36.3 Å². The van der Waals surface area contributed by atoms with E-state index in [0.29, 0.717) is 45.4 Å². The summed E-state index contributed by atoms with van der Waals surface area (Å²) in [6, 6.07) is 4.83. The average molecular weight is 414 g/mol. The lowest BCUT2D eigenvalue weighted by Crippen LogP contribution is -2.00. The molecule has 0 saturated carbocycles. The molecule has 3 aromatic heterocycles. The molecular formula is C18H16ClN7O3. The van der Waals surface area contributed by atoms with Gasteiger partial charge >= 0.3 is 0 Å². The van der Waals surface area contributed by atoms with Gasteiger partial charge in [0.2, 0.25) is 5.95 Å². The van der Waals surface area contributed by atoms with Crippen LogP contribution in [0.1, 0.15) is 6.92 Å². The number of para-hydroxylation sites is 1. The molecule has 0 fully saturated rings. The van der Waals surface area contributed by atoms with Crippen molar-refractivity contribution in [2.75, 3.05) is 11.9 Å². The van der Waals surface area contributed by atoms with Gasteiger partial charge in [0.25, 0.3) is 11.6 Å². The van der Waals surface area contributed by atoms with Crippen molar-refractivity contribution in [1.82, 2.24) is 24.7 Å². The third kappa shape index (κ3) is 3.45. The number of nitro groups is 1. The smallest absolute Gasteiger partial charge is 0.293 e. The molecule has 3 heterocycles. The molecule has 0 aliphatic rings. The van der Waals surface area contributed by atoms with E-state index in [0.717, 1.165) is 0 Å². The van der Waals surface area contributed by atoms with E-state index in [1.807, 2.05) is 6.92 Å². The van der Waals surface area contributed by atoms with Crippen molar-refractivity contribution in [3.05, 3.63) is 51.9 Å². The van der Waals surface area contributed by atoms with Crippen molar-refractivity contribution < 1.29 is 9.66 Å². The maximum Gasteiger partial charge on any atom is 0.293 e. The number of aryl methyl sites for hydroxylation is 1. The zero-order valence-electron chi connectivity index (χ0n) is 15.5. The summed E-state index contributed by atoms with van der Waals surface area (Å²) in [4.78, 5) is 22.5. The van der Waals surface area contributed by atoms with Gasteiger partial charge < -0.3 is 15.0 Å². The molecule has 0 unspecified atom stereocenters. The van der Waals surface area contributed by atoms with Crippen molar-refractivity contribution >= 4 is 39.8 Å². The van der Waals surface area contributed by atoms with E-state index < -0.39 is 4.92 Å². The van der Waals surface area contributed by atoms with Crippen LogP contribution in [0.3, 0.4) is 0 Å². The van der Waals surface area contributed by atoms with Crippen molar-refractivity contribution in [3.63, 3.8) is 0 Å². The highest BCUT2D eigenvalue weighted by molar-refractivity contribution is 6.33. The van der Waals surface area contributed by atoms with Gasteiger partial charge in [0.15, 0.2) is 0 Å². The van der Waals surface area contributed by atoms with Crippen molar-refractivity contribution in [2.45, 2.75) is 6.92 Å². The van der Waals surface area contributed by atoms with Gasteiger partial charge in [0, 0.05) is 30.3 Å². The van der Waals surface area contributed by atoms with Crippen LogP contribution in [0.5, 0.6) is 5.88 Å². The maximum absolute atomic E-state index is 11.3. The first-order chi connectivity index (χ1) is 14.0. The number of H-pyrrole nitrogens is 1. The normalized spacial score (nSPS) is 11.0. The summed E-state index contributed by atoms with van der Waals surface area (Å²) in [6.07, 6.45) is 4.86. The number of fused-ring (bicyclic) bond motifs is 1. The minimum atomic E-state index is -0.436. The molecule has 0 atom stereocenters. The first-order valence-electron chi connectivity index (χ1n) is 8.68. The predicted octanol–water partition coefficient (Wildman–Crippen LogP) is 4.06. The van der Waals surface area contributed by atoms with Crippen LogP contribution in [0.25, 0.3) is 22.2 Å². The molecule has 0 aliphatic carbocycles. The minimum Gasteiger partial charge on any atom is -0.475 e. The van der Waals surface area contributed by atoms with Crippen LogP contribution >= 0.6 is 11.6 Å². The molecule has 0 radical (unpaired) electrons. The van der Waals surface area contributed by atoms with Crippen LogP contribution in [0.4, 0.5) is 17.3 Å². The van der Waals surface area contributed by atoms with Crippen LogP contribution in [0, 0.1) is 10.1 Å². The Balaban J connectivity index is 1.76. The van der Waals surface area contributed by atoms with Gasteiger partial charge in [-0.25, -0.2) is 9.97 Å². The number of hydrogen-bond donors (Lipinski definition) is 2. The molecule has 0 saturated heterocycles. The van der Waals surface area contributed by atoms with E-state index in [1.54, 1.807) is 36.3 Å². The maximum atomic E-state index is 11.3. The Bertz CT molecular complexity index is 1220. The fourth-order valence-electron chi connectivity index (χ4n) is 3.02. The van der Waals surface area contributed by atoms with Crippen LogP contribution in [-0.2, 0) is 7.05 Å². The summed E-state index contributed by atoms with van der Waals surface area (Å²) < 4.78 is 7.12. The third-order valence-electron chi connectivity index (χ3n) is 4.21. The fraction of sp³-hybridized carbons (Fsp3) is 0.167. The standard InChI is InChI=1S/C18H16ClN7O3/c1-3-29-17-13(9-25(2)24-17)22-18-21-8-12(19)15(23-18)11-7-20-16-10(11)5-4-6-14(16)26(27)28/h4-9,20H,3H2,1-2H3,(H,21,22,23). The van der Waals surface area contributed by atoms with E-state index in [2.05, 4.69) is 25.4 Å². The van der Waals surface area contributed by atoms with Gasteiger partial charge in [-0.3, -0.25) is 14.8 Å². The van der Waals surface area contributed by atoms with Crippen molar-refractivity contribution in [1.29, 1.82) is 0 Å². The van der Waals surface area contributed by atoms with E-state index in [-0.39, 0.29) is 11.6 Å². The number of anilines is 2. The molecule has 4 aromatic rings. The minimum absolute atomic E-state index is 0.0195. The largest absolute Gasteiger partial charge is 0.475 e. The lowest BCUT2D eigenvalue weighted by Gasteiger charge is -2.08. The second kappa shape index (κ2) is 7.40. The number of aromatic nitrogens is 5. The molecule has 0 bridgehead atoms. The number of rotatable bonds is 6. The number of nitrogens with one attached hydrogen (secondary N) is 2. The summed E-state index contributed by atoms with van der Waals surface area (Å²) in [5.74, 6) is 0.718. The lowest BCUT2D eigenvalue weighted by molar-refractivity contribution is -0.383. The average Bonchev–Trinajstić information content (AvgIpc) is 3.26. The predicted molar refractivity (Wildman–Crippen MR) is 109 cm³/mol. The first kappa shape index (κ1) is 18.7. The van der Waals surface area contributed by atoms with Gasteiger partial charge in [-0.1, -0.05) is 23.7 Å². The van der Waals surface area contributed by atoms with Crippen molar-refractivity contribution in [3.8, 4) is 17.1 Å². The molecule has 1 aromatic carbocycles. The number of benzene rings is 1. The van der Waals surface area contributed by atoms with Gasteiger partial charge in [-0.2, -0.15) is 0 Å². The number of aromatic amines is 1. The number of nitro benzene ring substituents is 1. The molecule has 29 heavy (non-hydrogen) atoms. The van der Waals surface area contributed by atoms with Gasteiger partial charge in [-0.15, -0.1) is 5.10 Å². The Kier molecular flexibility index (Phi) is 4.77. The summed E-state index contributed by atoms with van der Waals surface area (Å²) >= 11 is 6.34. The Morgan fingerprint density at radius 1 is 1.41 bits per heavy atom. The molecule has 10 nitrogen and oxygen atoms in total. The van der Waals surface area contributed by atoms with Gasteiger partial charge in [0.1, 0.15) is 11.2 Å². The summed E-state index contributed by atoms with van der Waals surface area (Å²) in [7, 11) is 1.78. The summed E-state index contributed by atoms with van der Waals surface area (Å²) in [5.41, 5.74) is 2.07. The quantitative estimate of drug-likeness (QED) is 0.360. The van der Waals surface area contributed by atoms with E-state index in [1.165, 1.54) is 12.3 Å². The van der Waals surface area contributed by atoms with E-state index in [9.17, 15) is 10.1 Å². The highest BCUT2D eigenvalue weighted by Crippen LogP contribution is 2.36. The Labute approximate surface area is 169 Å². The highest BCUT2D eigenvalue weighted by atomic mass is 35.5. The molecule has 2 N–H and O–H groups in total. The van der Waals surface area contributed by atoms with Gasteiger partial charge in [-0.05, 0) is 6.92 Å². The number of non-ortho nitro benzene ring substituents is 1. The number of nitrogens with zero attached hydrogens (tertiary/aromatic N) is 5. The Morgan fingerprint density at radius 2 is 2.24 bits per heavy atom. The monoisotopic (exact) mass is 413 g/mol. The highest BCUT2D eigenvalue weighted by Gasteiger charge is 2.19. The van der Waals surface area contributed by atoms with Gasteiger partial charge in [0.05, 0.1) is 34.6 Å². The molecular weight excluding hydrogens is 398 g/mol.